The quantitative estimate of drug-likeness (QED) is 0.657. The van der Waals surface area contributed by atoms with Crippen LogP contribution in [0.2, 0.25) is 0 Å². The Bertz CT molecular complexity index is 1070. The maximum atomic E-state index is 13.2. The van der Waals surface area contributed by atoms with Crippen molar-refractivity contribution in [3.05, 3.63) is 59.7 Å². The molecular formula is C22H20FN3O4. The number of amides is 1. The van der Waals surface area contributed by atoms with E-state index in [-0.39, 0.29) is 17.6 Å². The standard InChI is InChI=1S/C22H20FN3O4/c23-16-8-6-14(7-9-16)20-24-21(30-25-20)15-3-2-10-26(13-15)22(27)17-4-1-5-18-19(17)29-12-11-28-18/h1,4-9,15H,2-3,10-13H2/t15-/m0/s1. The summed E-state index contributed by atoms with van der Waals surface area (Å²) in [6.45, 7) is 2.03. The first kappa shape index (κ1) is 18.6. The summed E-state index contributed by atoms with van der Waals surface area (Å²) in [5.41, 5.74) is 1.19. The summed E-state index contributed by atoms with van der Waals surface area (Å²) in [7, 11) is 0. The SMILES string of the molecule is O=C(c1cccc2c1OCCO2)N1CCC[C@H](c2nc(-c3ccc(F)cc3)no2)C1. The maximum absolute atomic E-state index is 13.2. The Labute approximate surface area is 172 Å². The Balaban J connectivity index is 1.34. The third-order valence-corrected chi connectivity index (χ3v) is 5.40. The van der Waals surface area contributed by atoms with Crippen LogP contribution in [0.3, 0.4) is 0 Å². The van der Waals surface area contributed by atoms with Gasteiger partial charge in [-0.05, 0) is 49.2 Å². The molecule has 2 aliphatic heterocycles. The Morgan fingerprint density at radius 3 is 2.80 bits per heavy atom. The molecule has 1 atom stereocenters. The molecule has 154 valence electrons. The fourth-order valence-electron chi connectivity index (χ4n) is 3.89. The van der Waals surface area contributed by atoms with Crippen LogP contribution in [0.5, 0.6) is 11.5 Å². The molecule has 7 nitrogen and oxygen atoms in total. The van der Waals surface area contributed by atoms with Gasteiger partial charge in [0.1, 0.15) is 19.0 Å². The molecule has 2 aliphatic rings. The van der Waals surface area contributed by atoms with E-state index in [0.29, 0.717) is 60.6 Å². The van der Waals surface area contributed by atoms with Gasteiger partial charge >= 0.3 is 0 Å². The van der Waals surface area contributed by atoms with Gasteiger partial charge in [-0.3, -0.25) is 4.79 Å². The van der Waals surface area contributed by atoms with Crippen LogP contribution in [0, 0.1) is 5.82 Å². The van der Waals surface area contributed by atoms with Crippen molar-refractivity contribution in [1.82, 2.24) is 15.0 Å². The number of hydrogen-bond donors (Lipinski definition) is 0. The largest absolute Gasteiger partial charge is 0.486 e. The smallest absolute Gasteiger partial charge is 0.257 e. The molecule has 1 amide bonds. The molecule has 1 aromatic heterocycles. The molecule has 0 radical (unpaired) electrons. The van der Waals surface area contributed by atoms with Crippen molar-refractivity contribution in [3.63, 3.8) is 0 Å². The Kier molecular flexibility index (Phi) is 4.82. The second-order valence-corrected chi connectivity index (χ2v) is 7.38. The van der Waals surface area contributed by atoms with Gasteiger partial charge in [0.05, 0.1) is 11.5 Å². The molecule has 0 saturated carbocycles. The van der Waals surface area contributed by atoms with Crippen LogP contribution in [-0.4, -0.2) is 47.3 Å². The summed E-state index contributed by atoms with van der Waals surface area (Å²) in [5.74, 6) is 1.54. The molecule has 2 aromatic carbocycles. The van der Waals surface area contributed by atoms with Gasteiger partial charge < -0.3 is 18.9 Å². The fraction of sp³-hybridized carbons (Fsp3) is 0.318. The van der Waals surface area contributed by atoms with E-state index in [1.807, 2.05) is 0 Å². The first-order chi connectivity index (χ1) is 14.7. The summed E-state index contributed by atoms with van der Waals surface area (Å²) in [5, 5.41) is 4.03. The molecule has 8 heteroatoms. The number of hydrogen-bond acceptors (Lipinski definition) is 6. The van der Waals surface area contributed by atoms with Gasteiger partial charge in [0, 0.05) is 18.7 Å². The zero-order chi connectivity index (χ0) is 20.5. The van der Waals surface area contributed by atoms with Crippen LogP contribution in [0.4, 0.5) is 4.39 Å². The maximum Gasteiger partial charge on any atom is 0.257 e. The molecule has 0 aliphatic carbocycles. The predicted molar refractivity (Wildman–Crippen MR) is 105 cm³/mol. The van der Waals surface area contributed by atoms with Gasteiger partial charge in [-0.2, -0.15) is 4.98 Å². The lowest BCUT2D eigenvalue weighted by molar-refractivity contribution is 0.0685. The lowest BCUT2D eigenvalue weighted by Crippen LogP contribution is -2.39. The van der Waals surface area contributed by atoms with E-state index in [4.69, 9.17) is 14.0 Å². The highest BCUT2D eigenvalue weighted by molar-refractivity contribution is 5.98. The predicted octanol–water partition coefficient (Wildman–Crippen LogP) is 3.67. The van der Waals surface area contributed by atoms with Crippen LogP contribution in [0.15, 0.2) is 47.0 Å². The number of halogens is 1. The van der Waals surface area contributed by atoms with Crippen molar-refractivity contribution in [3.8, 4) is 22.9 Å². The summed E-state index contributed by atoms with van der Waals surface area (Å²) in [6.07, 6.45) is 1.68. The van der Waals surface area contributed by atoms with E-state index >= 15 is 0 Å². The van der Waals surface area contributed by atoms with Crippen LogP contribution in [-0.2, 0) is 0 Å². The van der Waals surface area contributed by atoms with Gasteiger partial charge in [0.15, 0.2) is 11.5 Å². The third kappa shape index (κ3) is 3.49. The van der Waals surface area contributed by atoms with Gasteiger partial charge in [0.2, 0.25) is 11.7 Å². The van der Waals surface area contributed by atoms with Gasteiger partial charge in [-0.1, -0.05) is 11.2 Å². The molecule has 30 heavy (non-hydrogen) atoms. The Hall–Kier alpha value is -3.42. The van der Waals surface area contributed by atoms with Crippen molar-refractivity contribution in [2.24, 2.45) is 0 Å². The molecule has 0 unspecified atom stereocenters. The monoisotopic (exact) mass is 409 g/mol. The third-order valence-electron chi connectivity index (χ3n) is 5.40. The summed E-state index contributed by atoms with van der Waals surface area (Å²) >= 11 is 0. The van der Waals surface area contributed by atoms with Gasteiger partial charge in [-0.25, -0.2) is 4.39 Å². The number of rotatable bonds is 3. The molecule has 3 heterocycles. The number of fused-ring (bicyclic) bond motifs is 1. The number of aromatic nitrogens is 2. The summed E-state index contributed by atoms with van der Waals surface area (Å²) in [6, 6.07) is 11.3. The van der Waals surface area contributed by atoms with Crippen LogP contribution < -0.4 is 9.47 Å². The van der Waals surface area contributed by atoms with Crippen LogP contribution in [0.25, 0.3) is 11.4 Å². The highest BCUT2D eigenvalue weighted by atomic mass is 19.1. The Morgan fingerprint density at radius 2 is 1.93 bits per heavy atom. The number of ether oxygens (including phenoxy) is 2. The van der Waals surface area contributed by atoms with Crippen molar-refractivity contribution >= 4 is 5.91 Å². The normalized spacial score (nSPS) is 18.3. The van der Waals surface area contributed by atoms with E-state index in [9.17, 15) is 9.18 Å². The number of likely N-dealkylation sites (tertiary alicyclic amines) is 1. The number of piperidine rings is 1. The number of nitrogens with zero attached hydrogens (tertiary/aromatic N) is 3. The topological polar surface area (TPSA) is 77.7 Å². The molecule has 3 aromatic rings. The fourth-order valence-corrected chi connectivity index (χ4v) is 3.89. The lowest BCUT2D eigenvalue weighted by Gasteiger charge is -2.32. The van der Waals surface area contributed by atoms with E-state index in [1.165, 1.54) is 12.1 Å². The van der Waals surface area contributed by atoms with Crippen LogP contribution >= 0.6 is 0 Å². The molecule has 0 spiro atoms. The van der Waals surface area contributed by atoms with Crippen molar-refractivity contribution < 1.29 is 23.2 Å². The molecular weight excluding hydrogens is 389 g/mol. The van der Waals surface area contributed by atoms with E-state index in [1.54, 1.807) is 35.2 Å². The minimum atomic E-state index is -0.318. The first-order valence-corrected chi connectivity index (χ1v) is 9.96. The molecule has 1 fully saturated rings. The number of benzene rings is 2. The van der Waals surface area contributed by atoms with Gasteiger partial charge in [0.25, 0.3) is 5.91 Å². The van der Waals surface area contributed by atoms with Crippen LogP contribution in [0.1, 0.15) is 35.0 Å². The molecule has 1 saturated heterocycles. The minimum absolute atomic E-state index is 0.0545. The zero-order valence-electron chi connectivity index (χ0n) is 16.2. The highest BCUT2D eigenvalue weighted by Gasteiger charge is 2.31. The van der Waals surface area contributed by atoms with E-state index < -0.39 is 0 Å². The Morgan fingerprint density at radius 1 is 1.10 bits per heavy atom. The van der Waals surface area contributed by atoms with Crippen molar-refractivity contribution in [1.29, 1.82) is 0 Å². The first-order valence-electron chi connectivity index (χ1n) is 9.96. The molecule has 0 N–H and O–H groups in total. The number of carbonyl (C=O) groups is 1. The molecule has 5 rings (SSSR count). The zero-order valence-corrected chi connectivity index (χ0v) is 16.2. The molecule has 0 bridgehead atoms. The van der Waals surface area contributed by atoms with Gasteiger partial charge in [-0.15, -0.1) is 0 Å². The summed E-state index contributed by atoms with van der Waals surface area (Å²) in [4.78, 5) is 19.5. The minimum Gasteiger partial charge on any atom is -0.486 e. The van der Waals surface area contributed by atoms with Crippen molar-refractivity contribution in [2.75, 3.05) is 26.3 Å². The highest BCUT2D eigenvalue weighted by Crippen LogP contribution is 2.35. The second kappa shape index (κ2) is 7.78. The van der Waals surface area contributed by atoms with Crippen molar-refractivity contribution in [2.45, 2.75) is 18.8 Å². The second-order valence-electron chi connectivity index (χ2n) is 7.38. The lowest BCUT2D eigenvalue weighted by atomic mass is 9.97. The average molecular weight is 409 g/mol. The number of carbonyl (C=O) groups excluding carboxylic acids is 1. The van der Waals surface area contributed by atoms with E-state index in [0.717, 1.165) is 12.8 Å². The summed E-state index contributed by atoms with van der Waals surface area (Å²) < 4.78 is 29.9. The average Bonchev–Trinajstić information content (AvgIpc) is 3.29. The number of para-hydroxylation sites is 1. The van der Waals surface area contributed by atoms with E-state index in [2.05, 4.69) is 10.1 Å².